The average molecular weight is 458 g/mol. The van der Waals surface area contributed by atoms with Crippen molar-refractivity contribution in [2.24, 2.45) is 0 Å². The molecule has 4 aromatic rings. The van der Waals surface area contributed by atoms with Gasteiger partial charge in [0.05, 0.1) is 22.7 Å². The molecule has 0 N–H and O–H groups in total. The Hall–Kier alpha value is -3.38. The van der Waals surface area contributed by atoms with E-state index in [0.717, 1.165) is 17.5 Å². The third-order valence-corrected chi connectivity index (χ3v) is 6.57. The van der Waals surface area contributed by atoms with E-state index in [0.29, 0.717) is 22.6 Å². The quantitative estimate of drug-likeness (QED) is 0.271. The number of para-hydroxylation sites is 1. The van der Waals surface area contributed by atoms with Crippen LogP contribution in [0.25, 0.3) is 10.9 Å². The molecule has 0 aliphatic heterocycles. The summed E-state index contributed by atoms with van der Waals surface area (Å²) in [6.45, 7) is 2.60. The fourth-order valence-electron chi connectivity index (χ4n) is 3.96. The number of hydrogen-bond donors (Lipinski definition) is 0. The fraction of sp³-hybridized carbons (Fsp3) is 0.222. The van der Waals surface area contributed by atoms with Crippen molar-refractivity contribution in [3.63, 3.8) is 0 Å². The molecule has 0 bridgehead atoms. The van der Waals surface area contributed by atoms with Gasteiger partial charge in [0, 0.05) is 13.6 Å². The summed E-state index contributed by atoms with van der Waals surface area (Å²) < 4.78 is 1.69. The summed E-state index contributed by atoms with van der Waals surface area (Å²) in [7, 11) is 1.83. The van der Waals surface area contributed by atoms with Crippen molar-refractivity contribution in [2.45, 2.75) is 31.1 Å². The normalized spacial score (nSPS) is 11.1. The number of rotatable bonds is 8. The van der Waals surface area contributed by atoms with Crippen LogP contribution in [0.15, 0.2) is 94.9 Å². The zero-order chi connectivity index (χ0) is 23.2. The van der Waals surface area contributed by atoms with E-state index >= 15 is 0 Å². The highest BCUT2D eigenvalue weighted by Crippen LogP contribution is 2.28. The van der Waals surface area contributed by atoms with Gasteiger partial charge in [0.25, 0.3) is 5.56 Å². The van der Waals surface area contributed by atoms with Crippen molar-refractivity contribution in [3.8, 4) is 0 Å². The smallest absolute Gasteiger partial charge is 0.262 e. The van der Waals surface area contributed by atoms with Gasteiger partial charge in [-0.1, -0.05) is 91.5 Å². The molecule has 168 valence electrons. The molecule has 6 heteroatoms. The topological polar surface area (TPSA) is 55.2 Å². The molecule has 33 heavy (non-hydrogen) atoms. The van der Waals surface area contributed by atoms with Crippen molar-refractivity contribution in [1.29, 1.82) is 0 Å². The number of fused-ring (bicyclic) bond motifs is 1. The highest BCUT2D eigenvalue weighted by Gasteiger charge is 2.24. The minimum atomic E-state index is -0.192. The van der Waals surface area contributed by atoms with E-state index in [1.54, 1.807) is 15.5 Å². The number of hydrogen-bond acceptors (Lipinski definition) is 4. The summed E-state index contributed by atoms with van der Waals surface area (Å²) >= 11 is 1.32. The largest absolute Gasteiger partial charge is 0.334 e. The average Bonchev–Trinajstić information content (AvgIpc) is 2.86. The molecule has 0 saturated carbocycles. The van der Waals surface area contributed by atoms with E-state index in [9.17, 15) is 9.59 Å². The predicted molar refractivity (Wildman–Crippen MR) is 135 cm³/mol. The summed E-state index contributed by atoms with van der Waals surface area (Å²) in [5.74, 6) is 0.171. The lowest BCUT2D eigenvalue weighted by molar-refractivity contribution is -0.128. The molecule has 0 atom stereocenters. The second-order valence-electron chi connectivity index (χ2n) is 7.89. The Kier molecular flexibility index (Phi) is 7.25. The van der Waals surface area contributed by atoms with Gasteiger partial charge in [-0.3, -0.25) is 14.2 Å². The molecular weight excluding hydrogens is 430 g/mol. The van der Waals surface area contributed by atoms with Crippen LogP contribution in [-0.2, 0) is 11.3 Å². The van der Waals surface area contributed by atoms with Crippen molar-refractivity contribution >= 4 is 28.6 Å². The Morgan fingerprint density at radius 3 is 2.12 bits per heavy atom. The molecular formula is C27H27N3O2S. The van der Waals surface area contributed by atoms with Gasteiger partial charge in [-0.25, -0.2) is 4.98 Å². The summed E-state index contributed by atoms with van der Waals surface area (Å²) in [4.78, 5) is 32.8. The van der Waals surface area contributed by atoms with E-state index in [2.05, 4.69) is 0 Å². The molecule has 4 rings (SSSR count). The van der Waals surface area contributed by atoms with E-state index in [1.807, 2.05) is 92.8 Å². The zero-order valence-corrected chi connectivity index (χ0v) is 19.7. The lowest BCUT2D eigenvalue weighted by Crippen LogP contribution is -2.33. The van der Waals surface area contributed by atoms with Crippen LogP contribution < -0.4 is 5.56 Å². The first kappa shape index (κ1) is 22.8. The Balaban J connectivity index is 1.61. The lowest BCUT2D eigenvalue weighted by Gasteiger charge is -2.29. The zero-order valence-electron chi connectivity index (χ0n) is 18.8. The highest BCUT2D eigenvalue weighted by molar-refractivity contribution is 7.99. The van der Waals surface area contributed by atoms with Crippen LogP contribution in [0.3, 0.4) is 0 Å². The maximum atomic E-state index is 13.3. The number of nitrogens with zero attached hydrogens (tertiary/aromatic N) is 3. The summed E-state index contributed by atoms with van der Waals surface area (Å²) in [6.07, 6.45) is 0.811. The fourth-order valence-corrected chi connectivity index (χ4v) is 4.91. The van der Waals surface area contributed by atoms with E-state index in [4.69, 9.17) is 4.98 Å². The van der Waals surface area contributed by atoms with Gasteiger partial charge in [-0.15, -0.1) is 0 Å². The molecule has 1 amide bonds. The second kappa shape index (κ2) is 10.5. The highest BCUT2D eigenvalue weighted by atomic mass is 32.2. The van der Waals surface area contributed by atoms with Crippen LogP contribution in [0.5, 0.6) is 0 Å². The minimum absolute atomic E-state index is 0.0248. The number of amides is 1. The monoisotopic (exact) mass is 457 g/mol. The Labute approximate surface area is 198 Å². The molecule has 0 spiro atoms. The van der Waals surface area contributed by atoms with Crippen molar-refractivity contribution < 1.29 is 4.79 Å². The minimum Gasteiger partial charge on any atom is -0.334 e. The molecule has 0 aliphatic rings. The molecule has 5 nitrogen and oxygen atoms in total. The SMILES string of the molecule is CCCn1c(SCC(=O)N(C)C(c2ccccc2)c2ccccc2)nc2ccccc2c1=O. The predicted octanol–water partition coefficient (Wildman–Crippen LogP) is 5.15. The standard InChI is InChI=1S/C27H27N3O2S/c1-3-18-30-26(32)22-16-10-11-17-23(22)28-27(30)33-19-24(31)29(2)25(20-12-6-4-7-13-20)21-14-8-5-9-15-21/h4-17,25H,3,18-19H2,1-2H3. The van der Waals surface area contributed by atoms with Crippen LogP contribution in [0.1, 0.15) is 30.5 Å². The molecule has 0 unspecified atom stereocenters. The molecule has 0 aliphatic carbocycles. The van der Waals surface area contributed by atoms with Gasteiger partial charge in [-0.2, -0.15) is 0 Å². The number of benzene rings is 3. The van der Waals surface area contributed by atoms with Crippen molar-refractivity contribution in [1.82, 2.24) is 14.5 Å². The molecule has 0 radical (unpaired) electrons. The van der Waals surface area contributed by atoms with Gasteiger partial charge in [-0.05, 0) is 29.7 Å². The first-order valence-electron chi connectivity index (χ1n) is 11.1. The summed E-state index contributed by atoms with van der Waals surface area (Å²) in [5.41, 5.74) is 2.70. The van der Waals surface area contributed by atoms with E-state index in [-0.39, 0.29) is 23.3 Å². The van der Waals surface area contributed by atoms with Crippen LogP contribution in [0.2, 0.25) is 0 Å². The van der Waals surface area contributed by atoms with Crippen LogP contribution in [0, 0.1) is 0 Å². The Bertz CT molecular complexity index is 1250. The second-order valence-corrected chi connectivity index (χ2v) is 8.83. The molecule has 1 heterocycles. The van der Waals surface area contributed by atoms with Gasteiger partial charge in [0.1, 0.15) is 0 Å². The van der Waals surface area contributed by atoms with Crippen LogP contribution >= 0.6 is 11.8 Å². The number of thioether (sulfide) groups is 1. The molecule has 0 saturated heterocycles. The third kappa shape index (κ3) is 5.01. The van der Waals surface area contributed by atoms with Crippen molar-refractivity contribution in [3.05, 3.63) is 106 Å². The third-order valence-electron chi connectivity index (χ3n) is 5.61. The maximum absolute atomic E-state index is 13.3. The van der Waals surface area contributed by atoms with Crippen molar-refractivity contribution in [2.75, 3.05) is 12.8 Å². The van der Waals surface area contributed by atoms with E-state index < -0.39 is 0 Å². The van der Waals surface area contributed by atoms with Crippen LogP contribution in [0.4, 0.5) is 0 Å². The van der Waals surface area contributed by atoms with Gasteiger partial charge >= 0.3 is 0 Å². The molecule has 3 aromatic carbocycles. The number of carbonyl (C=O) groups is 1. The number of aromatic nitrogens is 2. The summed E-state index contributed by atoms with van der Waals surface area (Å²) in [5, 5.41) is 1.19. The number of carbonyl (C=O) groups excluding carboxylic acids is 1. The Morgan fingerprint density at radius 2 is 1.52 bits per heavy atom. The van der Waals surface area contributed by atoms with Gasteiger partial charge < -0.3 is 4.90 Å². The molecule has 0 fully saturated rings. The Morgan fingerprint density at radius 1 is 0.939 bits per heavy atom. The first-order chi connectivity index (χ1) is 16.1. The first-order valence-corrected chi connectivity index (χ1v) is 12.1. The summed E-state index contributed by atoms with van der Waals surface area (Å²) in [6, 6.07) is 27.2. The van der Waals surface area contributed by atoms with Gasteiger partial charge in [0.15, 0.2) is 5.16 Å². The maximum Gasteiger partial charge on any atom is 0.262 e. The van der Waals surface area contributed by atoms with Gasteiger partial charge in [0.2, 0.25) is 5.91 Å². The molecule has 1 aromatic heterocycles. The van der Waals surface area contributed by atoms with E-state index in [1.165, 1.54) is 11.8 Å². The lowest BCUT2D eigenvalue weighted by atomic mass is 9.97. The van der Waals surface area contributed by atoms with Crippen LogP contribution in [-0.4, -0.2) is 33.2 Å².